The highest BCUT2D eigenvalue weighted by Crippen LogP contribution is 2.37. The van der Waals surface area contributed by atoms with E-state index in [2.05, 4.69) is 39.1 Å². The van der Waals surface area contributed by atoms with E-state index in [9.17, 15) is 0 Å². The number of thiophene rings is 1. The Balaban J connectivity index is 2.81. The van der Waals surface area contributed by atoms with Crippen LogP contribution in [0.3, 0.4) is 0 Å². The van der Waals surface area contributed by atoms with Crippen molar-refractivity contribution in [3.63, 3.8) is 0 Å². The number of hydrogen-bond donors (Lipinski definition) is 1. The molecule has 1 unspecified atom stereocenters. The topological polar surface area (TPSA) is 12.0 Å². The Hall–Kier alpha value is -0.0500. The van der Waals surface area contributed by atoms with E-state index in [-0.39, 0.29) is 5.41 Å². The Morgan fingerprint density at radius 3 is 2.47 bits per heavy atom. The highest BCUT2D eigenvalue weighted by atomic mass is 35.5. The molecule has 86 valence electrons. The molecule has 0 radical (unpaired) electrons. The van der Waals surface area contributed by atoms with Gasteiger partial charge in [0, 0.05) is 10.9 Å². The van der Waals surface area contributed by atoms with Gasteiger partial charge in [0.2, 0.25) is 0 Å². The van der Waals surface area contributed by atoms with E-state index in [1.807, 2.05) is 6.07 Å². The summed E-state index contributed by atoms with van der Waals surface area (Å²) in [7, 11) is 0. The maximum Gasteiger partial charge on any atom is 0.0931 e. The zero-order valence-corrected chi connectivity index (χ0v) is 11.5. The molecule has 3 heteroatoms. The molecule has 0 aliphatic carbocycles. The molecule has 1 aromatic rings. The molecule has 1 rings (SSSR count). The molecule has 0 saturated carbocycles. The summed E-state index contributed by atoms with van der Waals surface area (Å²) in [6.07, 6.45) is 1.16. The van der Waals surface area contributed by atoms with Gasteiger partial charge in [-0.25, -0.2) is 0 Å². The Bertz CT molecular complexity index is 301. The van der Waals surface area contributed by atoms with Crippen LogP contribution >= 0.6 is 22.9 Å². The minimum atomic E-state index is 0.226. The van der Waals surface area contributed by atoms with Crippen molar-refractivity contribution in [3.8, 4) is 0 Å². The third-order valence-corrected chi connectivity index (χ3v) is 3.64. The third kappa shape index (κ3) is 3.78. The van der Waals surface area contributed by atoms with Crippen molar-refractivity contribution < 1.29 is 0 Å². The molecule has 0 aliphatic rings. The number of hydrogen-bond acceptors (Lipinski definition) is 2. The van der Waals surface area contributed by atoms with Gasteiger partial charge in [0.05, 0.1) is 4.34 Å². The summed E-state index contributed by atoms with van der Waals surface area (Å²) >= 11 is 7.66. The van der Waals surface area contributed by atoms with Crippen molar-refractivity contribution >= 4 is 22.9 Å². The van der Waals surface area contributed by atoms with Gasteiger partial charge in [-0.15, -0.1) is 11.3 Å². The molecule has 0 saturated heterocycles. The Labute approximate surface area is 102 Å². The van der Waals surface area contributed by atoms with E-state index >= 15 is 0 Å². The largest absolute Gasteiger partial charge is 0.309 e. The van der Waals surface area contributed by atoms with Crippen LogP contribution < -0.4 is 5.32 Å². The molecular weight excluding hydrogens is 226 g/mol. The predicted molar refractivity (Wildman–Crippen MR) is 69.8 cm³/mol. The fourth-order valence-electron chi connectivity index (χ4n) is 1.61. The van der Waals surface area contributed by atoms with E-state index < -0.39 is 0 Å². The number of halogens is 1. The van der Waals surface area contributed by atoms with E-state index in [1.165, 1.54) is 4.88 Å². The van der Waals surface area contributed by atoms with Crippen LogP contribution in [0, 0.1) is 5.41 Å². The van der Waals surface area contributed by atoms with E-state index in [0.717, 1.165) is 17.3 Å². The van der Waals surface area contributed by atoms with Crippen LogP contribution in [0.25, 0.3) is 0 Å². The first kappa shape index (κ1) is 13.0. The monoisotopic (exact) mass is 245 g/mol. The summed E-state index contributed by atoms with van der Waals surface area (Å²) < 4.78 is 0.873. The molecule has 1 nitrogen and oxygen atoms in total. The first-order chi connectivity index (χ1) is 6.95. The highest BCUT2D eigenvalue weighted by molar-refractivity contribution is 7.16. The summed E-state index contributed by atoms with van der Waals surface area (Å²) in [5.41, 5.74) is 0.226. The van der Waals surface area contributed by atoms with Gasteiger partial charge in [0.15, 0.2) is 0 Å². The van der Waals surface area contributed by atoms with Gasteiger partial charge in [0.1, 0.15) is 0 Å². The SMILES string of the molecule is CCCNC(c1ccc(Cl)s1)C(C)(C)C. The second-order valence-electron chi connectivity index (χ2n) is 4.90. The minimum absolute atomic E-state index is 0.226. The van der Waals surface area contributed by atoms with Gasteiger partial charge in [0.25, 0.3) is 0 Å². The van der Waals surface area contributed by atoms with Gasteiger partial charge in [-0.05, 0) is 30.5 Å². The zero-order valence-electron chi connectivity index (χ0n) is 9.93. The summed E-state index contributed by atoms with van der Waals surface area (Å²) in [5.74, 6) is 0. The molecule has 0 spiro atoms. The van der Waals surface area contributed by atoms with Crippen LogP contribution in [0.2, 0.25) is 4.34 Å². The van der Waals surface area contributed by atoms with Gasteiger partial charge < -0.3 is 5.32 Å². The quantitative estimate of drug-likeness (QED) is 0.824. The highest BCUT2D eigenvalue weighted by Gasteiger charge is 2.26. The lowest BCUT2D eigenvalue weighted by Gasteiger charge is -2.30. The Kier molecular flexibility index (Phi) is 4.63. The first-order valence-corrected chi connectivity index (χ1v) is 6.63. The molecule has 0 aromatic carbocycles. The lowest BCUT2D eigenvalue weighted by molar-refractivity contribution is 0.277. The summed E-state index contributed by atoms with van der Waals surface area (Å²) in [6, 6.07) is 4.51. The molecule has 0 aliphatic heterocycles. The summed E-state index contributed by atoms with van der Waals surface area (Å²) in [6.45, 7) is 10.0. The van der Waals surface area contributed by atoms with Gasteiger partial charge >= 0.3 is 0 Å². The average Bonchev–Trinajstić information content (AvgIpc) is 2.50. The third-order valence-electron chi connectivity index (χ3n) is 2.34. The second kappa shape index (κ2) is 5.33. The number of rotatable bonds is 4. The predicted octanol–water partition coefficient (Wildman–Crippen LogP) is 4.49. The fraction of sp³-hybridized carbons (Fsp3) is 0.667. The molecule has 15 heavy (non-hydrogen) atoms. The van der Waals surface area contributed by atoms with Crippen LogP contribution in [0.1, 0.15) is 45.0 Å². The second-order valence-corrected chi connectivity index (χ2v) is 6.64. The molecule has 1 atom stereocenters. The molecule has 1 N–H and O–H groups in total. The van der Waals surface area contributed by atoms with Gasteiger partial charge in [-0.3, -0.25) is 0 Å². The van der Waals surface area contributed by atoms with E-state index in [1.54, 1.807) is 11.3 Å². The van der Waals surface area contributed by atoms with Crippen LogP contribution in [0.4, 0.5) is 0 Å². The minimum Gasteiger partial charge on any atom is -0.309 e. The summed E-state index contributed by atoms with van der Waals surface area (Å²) in [4.78, 5) is 1.33. The Morgan fingerprint density at radius 1 is 1.40 bits per heavy atom. The van der Waals surface area contributed by atoms with Crippen LogP contribution in [0.5, 0.6) is 0 Å². The maximum atomic E-state index is 5.98. The smallest absolute Gasteiger partial charge is 0.0931 e. The standard InChI is InChI=1S/C12H20ClNS/c1-5-8-14-11(12(2,3)4)9-6-7-10(13)15-9/h6-7,11,14H,5,8H2,1-4H3. The first-order valence-electron chi connectivity index (χ1n) is 5.43. The van der Waals surface area contributed by atoms with Gasteiger partial charge in [-0.1, -0.05) is 39.3 Å². The Morgan fingerprint density at radius 2 is 2.07 bits per heavy atom. The fourth-order valence-corrected chi connectivity index (χ4v) is 2.99. The van der Waals surface area contributed by atoms with Crippen LogP contribution in [0.15, 0.2) is 12.1 Å². The molecule has 0 fully saturated rings. The van der Waals surface area contributed by atoms with Crippen molar-refractivity contribution in [2.24, 2.45) is 5.41 Å². The molecule has 0 bridgehead atoms. The van der Waals surface area contributed by atoms with Crippen LogP contribution in [-0.2, 0) is 0 Å². The molecule has 1 aromatic heterocycles. The van der Waals surface area contributed by atoms with Crippen molar-refractivity contribution in [1.82, 2.24) is 5.32 Å². The van der Waals surface area contributed by atoms with Crippen molar-refractivity contribution in [3.05, 3.63) is 21.3 Å². The molecule has 0 amide bonds. The van der Waals surface area contributed by atoms with Crippen molar-refractivity contribution in [1.29, 1.82) is 0 Å². The molecular formula is C12H20ClNS. The van der Waals surface area contributed by atoms with Crippen LogP contribution in [-0.4, -0.2) is 6.54 Å². The lowest BCUT2D eigenvalue weighted by atomic mass is 9.86. The average molecular weight is 246 g/mol. The van der Waals surface area contributed by atoms with E-state index in [4.69, 9.17) is 11.6 Å². The summed E-state index contributed by atoms with van der Waals surface area (Å²) in [5, 5.41) is 3.59. The van der Waals surface area contributed by atoms with E-state index in [0.29, 0.717) is 6.04 Å². The molecule has 1 heterocycles. The zero-order chi connectivity index (χ0) is 11.5. The normalized spacial score (nSPS) is 14.2. The number of nitrogens with one attached hydrogen (secondary N) is 1. The van der Waals surface area contributed by atoms with Crippen molar-refractivity contribution in [2.75, 3.05) is 6.54 Å². The lowest BCUT2D eigenvalue weighted by Crippen LogP contribution is -2.32. The van der Waals surface area contributed by atoms with Crippen molar-refractivity contribution in [2.45, 2.75) is 40.2 Å². The van der Waals surface area contributed by atoms with Gasteiger partial charge in [-0.2, -0.15) is 0 Å². The maximum absolute atomic E-state index is 5.98.